The van der Waals surface area contributed by atoms with Crippen LogP contribution in [0.1, 0.15) is 11.3 Å². The van der Waals surface area contributed by atoms with E-state index in [9.17, 15) is 0 Å². The number of ether oxygens (including phenoxy) is 1. The molecule has 0 spiro atoms. The molecule has 0 unspecified atom stereocenters. The molecule has 0 aliphatic rings. The van der Waals surface area contributed by atoms with Crippen LogP contribution in [0.5, 0.6) is 5.75 Å². The van der Waals surface area contributed by atoms with Gasteiger partial charge in [-0.15, -0.1) is 11.6 Å². The first kappa shape index (κ1) is 11.0. The molecule has 4 heteroatoms. The summed E-state index contributed by atoms with van der Waals surface area (Å²) in [7, 11) is 1.63. The lowest BCUT2D eigenvalue weighted by atomic mass is 10.1. The van der Waals surface area contributed by atoms with E-state index in [1.165, 1.54) is 6.39 Å². The third-order valence-corrected chi connectivity index (χ3v) is 2.62. The molecular formula is C12H12ClNO2. The number of benzene rings is 1. The maximum Gasteiger partial charge on any atom is 0.181 e. The van der Waals surface area contributed by atoms with Gasteiger partial charge >= 0.3 is 0 Å². The quantitative estimate of drug-likeness (QED) is 0.768. The summed E-state index contributed by atoms with van der Waals surface area (Å²) in [5.41, 5.74) is 2.74. The Balaban J connectivity index is 2.58. The van der Waals surface area contributed by atoms with Crippen LogP contribution in [0, 0.1) is 6.92 Å². The molecule has 0 radical (unpaired) electrons. The highest BCUT2D eigenvalue weighted by Crippen LogP contribution is 2.33. The number of alkyl halides is 1. The molecule has 0 saturated carbocycles. The number of halogens is 1. The zero-order valence-corrected chi connectivity index (χ0v) is 9.91. The van der Waals surface area contributed by atoms with Crippen LogP contribution in [0.25, 0.3) is 11.3 Å². The van der Waals surface area contributed by atoms with Gasteiger partial charge in [0.1, 0.15) is 11.4 Å². The van der Waals surface area contributed by atoms with E-state index in [-0.39, 0.29) is 0 Å². The minimum Gasteiger partial charge on any atom is -0.496 e. The largest absolute Gasteiger partial charge is 0.496 e. The lowest BCUT2D eigenvalue weighted by Crippen LogP contribution is -1.90. The maximum atomic E-state index is 5.80. The van der Waals surface area contributed by atoms with Crippen molar-refractivity contribution in [1.82, 2.24) is 4.98 Å². The van der Waals surface area contributed by atoms with E-state index >= 15 is 0 Å². The molecule has 0 fully saturated rings. The summed E-state index contributed by atoms with van der Waals surface area (Å²) in [5, 5.41) is 0. The van der Waals surface area contributed by atoms with Gasteiger partial charge in [0, 0.05) is 0 Å². The summed E-state index contributed by atoms with van der Waals surface area (Å²) in [4.78, 5) is 4.06. The van der Waals surface area contributed by atoms with Crippen molar-refractivity contribution in [2.75, 3.05) is 7.11 Å². The van der Waals surface area contributed by atoms with Gasteiger partial charge in [0.25, 0.3) is 0 Å². The highest BCUT2D eigenvalue weighted by molar-refractivity contribution is 6.17. The molecule has 0 saturated heterocycles. The average Bonchev–Trinajstić information content (AvgIpc) is 2.76. The number of methoxy groups -OCH3 is 1. The SMILES string of the molecule is COc1ccc(C)cc1-c1ocnc1CCl. The third-order valence-electron chi connectivity index (χ3n) is 2.37. The van der Waals surface area contributed by atoms with Gasteiger partial charge in [0.2, 0.25) is 0 Å². The summed E-state index contributed by atoms with van der Waals surface area (Å²) in [6, 6.07) is 5.89. The van der Waals surface area contributed by atoms with Crippen LogP contribution >= 0.6 is 11.6 Å². The molecule has 0 bridgehead atoms. The van der Waals surface area contributed by atoms with Gasteiger partial charge in [0.05, 0.1) is 18.6 Å². The van der Waals surface area contributed by atoms with E-state index in [0.717, 1.165) is 22.6 Å². The van der Waals surface area contributed by atoms with E-state index in [1.54, 1.807) is 7.11 Å². The lowest BCUT2D eigenvalue weighted by Gasteiger charge is -2.07. The molecule has 1 aromatic carbocycles. The van der Waals surface area contributed by atoms with Crippen LogP contribution in [0.2, 0.25) is 0 Å². The van der Waals surface area contributed by atoms with Crippen molar-refractivity contribution in [3.05, 3.63) is 35.9 Å². The second-order valence-electron chi connectivity index (χ2n) is 3.47. The third kappa shape index (κ3) is 1.91. The van der Waals surface area contributed by atoms with Crippen LogP contribution in [0.4, 0.5) is 0 Å². The van der Waals surface area contributed by atoms with Gasteiger partial charge in [0.15, 0.2) is 12.2 Å². The summed E-state index contributed by atoms with van der Waals surface area (Å²) >= 11 is 5.80. The summed E-state index contributed by atoms with van der Waals surface area (Å²) in [6.07, 6.45) is 1.40. The smallest absolute Gasteiger partial charge is 0.181 e. The number of aromatic nitrogens is 1. The van der Waals surface area contributed by atoms with Crippen LogP contribution in [0.3, 0.4) is 0 Å². The monoisotopic (exact) mass is 237 g/mol. The van der Waals surface area contributed by atoms with Crippen LogP contribution in [-0.4, -0.2) is 12.1 Å². The van der Waals surface area contributed by atoms with Crippen molar-refractivity contribution >= 4 is 11.6 Å². The van der Waals surface area contributed by atoms with Crippen molar-refractivity contribution in [2.45, 2.75) is 12.8 Å². The molecule has 1 aromatic heterocycles. The first-order valence-electron chi connectivity index (χ1n) is 4.89. The van der Waals surface area contributed by atoms with E-state index < -0.39 is 0 Å². The highest BCUT2D eigenvalue weighted by atomic mass is 35.5. The average molecular weight is 238 g/mol. The Morgan fingerprint density at radius 3 is 2.94 bits per heavy atom. The first-order chi connectivity index (χ1) is 7.76. The molecule has 84 valence electrons. The van der Waals surface area contributed by atoms with E-state index in [4.69, 9.17) is 20.8 Å². The molecule has 0 N–H and O–H groups in total. The molecule has 0 aliphatic carbocycles. The van der Waals surface area contributed by atoms with Crippen LogP contribution in [0.15, 0.2) is 29.0 Å². The molecule has 3 nitrogen and oxygen atoms in total. The van der Waals surface area contributed by atoms with Crippen LogP contribution in [-0.2, 0) is 5.88 Å². The second kappa shape index (κ2) is 4.58. The number of hydrogen-bond donors (Lipinski definition) is 0. The van der Waals surface area contributed by atoms with Gasteiger partial charge in [-0.2, -0.15) is 0 Å². The van der Waals surface area contributed by atoms with Crippen molar-refractivity contribution in [3.63, 3.8) is 0 Å². The zero-order valence-electron chi connectivity index (χ0n) is 9.16. The standard InChI is InChI=1S/C12H12ClNO2/c1-8-3-4-11(15-2)9(5-8)12-10(6-13)14-7-16-12/h3-5,7H,6H2,1-2H3. The summed E-state index contributed by atoms with van der Waals surface area (Å²) in [5.74, 6) is 1.76. The molecule has 1 heterocycles. The highest BCUT2D eigenvalue weighted by Gasteiger charge is 2.14. The number of nitrogens with zero attached hydrogens (tertiary/aromatic N) is 1. The number of rotatable bonds is 3. The Morgan fingerprint density at radius 1 is 1.44 bits per heavy atom. The van der Waals surface area contributed by atoms with E-state index in [1.807, 2.05) is 25.1 Å². The Hall–Kier alpha value is -1.48. The zero-order chi connectivity index (χ0) is 11.5. The fourth-order valence-corrected chi connectivity index (χ4v) is 1.77. The predicted octanol–water partition coefficient (Wildman–Crippen LogP) is 3.40. The molecular weight excluding hydrogens is 226 g/mol. The van der Waals surface area contributed by atoms with E-state index in [0.29, 0.717) is 11.6 Å². The Labute approximate surface area is 99.0 Å². The van der Waals surface area contributed by atoms with Gasteiger partial charge < -0.3 is 9.15 Å². The number of aryl methyl sites for hydroxylation is 1. The Bertz CT molecular complexity index is 494. The fraction of sp³-hybridized carbons (Fsp3) is 0.250. The maximum absolute atomic E-state index is 5.80. The van der Waals surface area contributed by atoms with Crippen LogP contribution < -0.4 is 4.74 Å². The lowest BCUT2D eigenvalue weighted by molar-refractivity contribution is 0.414. The Morgan fingerprint density at radius 2 is 2.25 bits per heavy atom. The minimum atomic E-state index is 0.322. The minimum absolute atomic E-state index is 0.322. The predicted molar refractivity (Wildman–Crippen MR) is 62.8 cm³/mol. The van der Waals surface area contributed by atoms with E-state index in [2.05, 4.69) is 4.98 Å². The molecule has 2 rings (SSSR count). The van der Waals surface area contributed by atoms with Gasteiger partial charge in [-0.1, -0.05) is 11.6 Å². The van der Waals surface area contributed by atoms with Gasteiger partial charge in [-0.05, 0) is 19.1 Å². The molecule has 0 atom stereocenters. The van der Waals surface area contributed by atoms with Crippen molar-refractivity contribution in [3.8, 4) is 17.1 Å². The second-order valence-corrected chi connectivity index (χ2v) is 3.73. The first-order valence-corrected chi connectivity index (χ1v) is 5.43. The van der Waals surface area contributed by atoms with Gasteiger partial charge in [-0.25, -0.2) is 4.98 Å². The fourth-order valence-electron chi connectivity index (χ4n) is 1.58. The number of hydrogen-bond acceptors (Lipinski definition) is 3. The summed E-state index contributed by atoms with van der Waals surface area (Å²) in [6.45, 7) is 2.01. The molecule has 0 amide bonds. The molecule has 16 heavy (non-hydrogen) atoms. The van der Waals surface area contributed by atoms with Crippen molar-refractivity contribution in [2.24, 2.45) is 0 Å². The molecule has 0 aliphatic heterocycles. The van der Waals surface area contributed by atoms with Crippen molar-refractivity contribution in [1.29, 1.82) is 0 Å². The topological polar surface area (TPSA) is 35.3 Å². The number of oxazole rings is 1. The van der Waals surface area contributed by atoms with Crippen molar-refractivity contribution < 1.29 is 9.15 Å². The Kier molecular flexibility index (Phi) is 3.15. The normalized spacial score (nSPS) is 10.4. The summed E-state index contributed by atoms with van der Waals surface area (Å²) < 4.78 is 10.7. The molecule has 2 aromatic rings. The van der Waals surface area contributed by atoms with Gasteiger partial charge in [-0.3, -0.25) is 0 Å².